The third-order valence-electron chi connectivity index (χ3n) is 9.83. The van der Waals surface area contributed by atoms with Crippen molar-refractivity contribution in [3.8, 4) is 11.3 Å². The summed E-state index contributed by atoms with van der Waals surface area (Å²) in [5.74, 6) is -0.0658. The van der Waals surface area contributed by atoms with Crippen molar-refractivity contribution < 1.29 is 13.2 Å². The number of hydrogen-bond donors (Lipinski definition) is 2. The molecule has 2 fully saturated rings. The van der Waals surface area contributed by atoms with Crippen molar-refractivity contribution in [2.75, 3.05) is 11.3 Å². The van der Waals surface area contributed by atoms with Gasteiger partial charge in [0, 0.05) is 29.6 Å². The molecule has 1 heterocycles. The lowest BCUT2D eigenvalue weighted by Gasteiger charge is -2.45. The van der Waals surface area contributed by atoms with Crippen molar-refractivity contribution in [3.05, 3.63) is 100 Å². The lowest BCUT2D eigenvalue weighted by molar-refractivity contribution is -0.132. The zero-order valence-corrected chi connectivity index (χ0v) is 27.9. The molecule has 2 saturated carbocycles. The Bertz CT molecular complexity index is 1710. The molecule has 8 heteroatoms. The summed E-state index contributed by atoms with van der Waals surface area (Å²) < 4.78 is 26.1. The predicted octanol–water partition coefficient (Wildman–Crippen LogP) is 6.98. The molecule has 0 saturated heterocycles. The summed E-state index contributed by atoms with van der Waals surface area (Å²) in [5.41, 5.74) is 8.07. The van der Waals surface area contributed by atoms with Gasteiger partial charge in [-0.3, -0.25) is 9.52 Å². The molecule has 1 aromatic heterocycles. The number of nitrogens with one attached hydrogen (secondary N) is 1. The van der Waals surface area contributed by atoms with Gasteiger partial charge in [0.2, 0.25) is 16.8 Å². The van der Waals surface area contributed by atoms with Crippen LogP contribution in [-0.2, 0) is 27.5 Å². The first kappa shape index (κ1) is 31.2. The Labute approximate surface area is 269 Å². The van der Waals surface area contributed by atoms with Gasteiger partial charge in [0.1, 0.15) is 0 Å². The third-order valence-corrected chi connectivity index (χ3v) is 10.2. The largest absolute Gasteiger partial charge is 0.335 e. The van der Waals surface area contributed by atoms with Crippen molar-refractivity contribution >= 4 is 22.7 Å². The first-order chi connectivity index (χ1) is 21.4. The number of amides is 1. The lowest BCUT2D eigenvalue weighted by Crippen LogP contribution is -2.50. The molecular weight excluding hydrogens is 580 g/mol. The van der Waals surface area contributed by atoms with E-state index < -0.39 is 10.9 Å². The number of carbonyl (C=O) groups is 1. The first-order valence-corrected chi connectivity index (χ1v) is 17.2. The second-order valence-electron chi connectivity index (χ2n) is 14.3. The van der Waals surface area contributed by atoms with Gasteiger partial charge >= 0.3 is 0 Å². The number of aromatic nitrogens is 2. The maximum absolute atomic E-state index is 14.1. The molecule has 0 bridgehead atoms. The van der Waals surface area contributed by atoms with E-state index in [1.165, 1.54) is 18.4 Å². The van der Waals surface area contributed by atoms with E-state index in [1.54, 1.807) is 0 Å². The third kappa shape index (κ3) is 6.91. The molecule has 1 N–H and O–H groups in total. The molecule has 1 unspecified atom stereocenters. The van der Waals surface area contributed by atoms with Crippen LogP contribution in [0.3, 0.4) is 0 Å². The highest BCUT2D eigenvalue weighted by molar-refractivity contribution is 7.73. The number of benzene rings is 2. The van der Waals surface area contributed by atoms with E-state index in [0.29, 0.717) is 24.1 Å². The van der Waals surface area contributed by atoms with Crippen molar-refractivity contribution in [1.82, 2.24) is 14.9 Å². The van der Waals surface area contributed by atoms with Crippen molar-refractivity contribution in [1.29, 1.82) is 0 Å². The number of thiol groups is 1. The van der Waals surface area contributed by atoms with Gasteiger partial charge in [-0.15, -0.1) is 0 Å². The van der Waals surface area contributed by atoms with Crippen LogP contribution in [0.1, 0.15) is 86.7 Å². The van der Waals surface area contributed by atoms with Crippen LogP contribution in [0.25, 0.3) is 11.3 Å². The predicted molar refractivity (Wildman–Crippen MR) is 181 cm³/mol. The van der Waals surface area contributed by atoms with Gasteiger partial charge in [-0.05, 0) is 91.5 Å². The molecule has 3 aromatic rings. The van der Waals surface area contributed by atoms with Gasteiger partial charge in [0.15, 0.2) is 0 Å². The van der Waals surface area contributed by atoms with E-state index in [4.69, 9.17) is 4.98 Å². The molecule has 1 atom stereocenters. The number of carbonyl (C=O) groups excluding carboxylic acids is 1. The van der Waals surface area contributed by atoms with Gasteiger partial charge in [0.25, 0.3) is 5.91 Å². The Morgan fingerprint density at radius 2 is 1.73 bits per heavy atom. The van der Waals surface area contributed by atoms with E-state index in [9.17, 15) is 13.2 Å². The maximum Gasteiger partial charge on any atom is 0.253 e. The Balaban J connectivity index is 1.43. The molecule has 236 valence electrons. The fraction of sp³-hybridized carbons (Fsp3) is 0.432. The number of rotatable bonds is 10. The topological polar surface area (TPSA) is 92.3 Å². The minimum Gasteiger partial charge on any atom is -0.335 e. The van der Waals surface area contributed by atoms with Crippen molar-refractivity contribution in [2.24, 2.45) is 5.41 Å². The zero-order valence-electron chi connectivity index (χ0n) is 27.0. The van der Waals surface area contributed by atoms with E-state index in [1.807, 2.05) is 56.3 Å². The molecule has 3 aliphatic carbocycles. The molecule has 6 rings (SSSR count). The minimum atomic E-state index is -2.96. The number of aryl methyl sites for hydroxylation is 2. The highest BCUT2D eigenvalue weighted by atomic mass is 32.2. The summed E-state index contributed by atoms with van der Waals surface area (Å²) in [4.78, 5) is 25.6. The van der Waals surface area contributed by atoms with Crippen LogP contribution >= 0.6 is 0 Å². The molecule has 0 radical (unpaired) electrons. The fourth-order valence-electron chi connectivity index (χ4n) is 7.00. The summed E-state index contributed by atoms with van der Waals surface area (Å²) in [5, 5.41) is 0. The average Bonchev–Trinajstić information content (AvgIpc) is 3.57. The zero-order chi connectivity index (χ0) is 31.9. The standard InChI is InChI=1S/C37H44N4O3S/c1-24-9-8-10-25(2)33(24)32-20-31(38-35(39-32)40-45(43)44)28(19-26-13-15-29(16-14-26)36(3,4)5)23-41(30-21-37(22-30)17-18-37)34(42)27-11-6-7-12-27/h6,8-16,20,28,30,45H,7,17-19,21-23H2,1-5H3,(H,38,39,40,43,44). The Morgan fingerprint density at radius 1 is 1.04 bits per heavy atom. The Hall–Kier alpha value is -3.78. The number of nitrogens with zero attached hydrogens (tertiary/aromatic N) is 3. The normalized spacial score (nSPS) is 17.7. The summed E-state index contributed by atoms with van der Waals surface area (Å²) in [6.07, 6.45) is 12.0. The second-order valence-corrected chi connectivity index (χ2v) is 15.0. The van der Waals surface area contributed by atoms with E-state index in [2.05, 4.69) is 59.6 Å². The number of allylic oxidation sites excluding steroid dienone is 2. The van der Waals surface area contributed by atoms with Crippen LogP contribution in [0.4, 0.5) is 5.95 Å². The average molecular weight is 625 g/mol. The lowest BCUT2D eigenvalue weighted by atomic mass is 9.75. The molecule has 1 amide bonds. The van der Waals surface area contributed by atoms with Crippen LogP contribution in [0, 0.1) is 19.3 Å². The van der Waals surface area contributed by atoms with E-state index in [-0.39, 0.29) is 29.2 Å². The van der Waals surface area contributed by atoms with Crippen molar-refractivity contribution in [2.45, 2.75) is 90.5 Å². The molecule has 45 heavy (non-hydrogen) atoms. The molecule has 7 nitrogen and oxygen atoms in total. The van der Waals surface area contributed by atoms with Crippen molar-refractivity contribution in [3.63, 3.8) is 0 Å². The highest BCUT2D eigenvalue weighted by Crippen LogP contribution is 2.62. The van der Waals surface area contributed by atoms with Crippen LogP contribution in [0.15, 0.2) is 72.3 Å². The molecule has 0 aliphatic heterocycles. The van der Waals surface area contributed by atoms with Crippen LogP contribution in [0.2, 0.25) is 0 Å². The quantitative estimate of drug-likeness (QED) is 0.238. The smallest absolute Gasteiger partial charge is 0.253 e. The number of hydrogen-bond acceptors (Lipinski definition) is 5. The minimum absolute atomic E-state index is 0.0369. The van der Waals surface area contributed by atoms with Crippen LogP contribution in [-0.4, -0.2) is 41.8 Å². The van der Waals surface area contributed by atoms with Gasteiger partial charge in [-0.1, -0.05) is 81.5 Å². The maximum atomic E-state index is 14.1. The summed E-state index contributed by atoms with van der Waals surface area (Å²) in [6.45, 7) is 11.2. The van der Waals surface area contributed by atoms with Gasteiger partial charge < -0.3 is 4.90 Å². The Morgan fingerprint density at radius 3 is 2.31 bits per heavy atom. The summed E-state index contributed by atoms with van der Waals surface area (Å²) in [7, 11) is -2.96. The Kier molecular flexibility index (Phi) is 8.46. The second kappa shape index (κ2) is 12.2. The van der Waals surface area contributed by atoms with E-state index >= 15 is 0 Å². The van der Waals surface area contributed by atoms with Gasteiger partial charge in [-0.25, -0.2) is 18.4 Å². The molecule has 2 aromatic carbocycles. The monoisotopic (exact) mass is 624 g/mol. The van der Waals surface area contributed by atoms with Crippen LogP contribution in [0.5, 0.6) is 0 Å². The fourth-order valence-corrected chi connectivity index (χ4v) is 7.27. The SMILES string of the molecule is Cc1cccc(C)c1-c1cc(C(Cc2ccc(C(C)(C)C)cc2)CN(C(=O)C2=CCC=C2)C2CC3(CC3)C2)nc(N[SH](=O)=O)n1. The van der Waals surface area contributed by atoms with Crippen LogP contribution < -0.4 is 4.72 Å². The molecule has 1 spiro atoms. The number of anilines is 1. The van der Waals surface area contributed by atoms with Gasteiger partial charge in [-0.2, -0.15) is 0 Å². The first-order valence-electron chi connectivity index (χ1n) is 16.0. The van der Waals surface area contributed by atoms with Gasteiger partial charge in [0.05, 0.1) is 11.4 Å². The molecule has 3 aliphatic rings. The highest BCUT2D eigenvalue weighted by Gasteiger charge is 2.55. The summed E-state index contributed by atoms with van der Waals surface area (Å²) >= 11 is 0. The van der Waals surface area contributed by atoms with E-state index in [0.717, 1.165) is 52.8 Å². The molecular formula is C37H44N4O3S. The summed E-state index contributed by atoms with van der Waals surface area (Å²) in [6, 6.07) is 17.0.